The van der Waals surface area contributed by atoms with Gasteiger partial charge in [-0.25, -0.2) is 0 Å². The van der Waals surface area contributed by atoms with Gasteiger partial charge in [0.15, 0.2) is 0 Å². The van der Waals surface area contributed by atoms with E-state index in [0.29, 0.717) is 71.1 Å². The molecule has 8 heteroatoms. The highest BCUT2D eigenvalue weighted by atomic mass is 16.5. The van der Waals surface area contributed by atoms with Crippen molar-refractivity contribution >= 4 is 66.7 Å². The van der Waals surface area contributed by atoms with Crippen LogP contribution in [0.4, 0.5) is 0 Å². The van der Waals surface area contributed by atoms with Crippen LogP contribution in [0.3, 0.4) is 0 Å². The topological polar surface area (TPSA) is 93.2 Å². The van der Waals surface area contributed by atoms with E-state index < -0.39 is 0 Å². The van der Waals surface area contributed by atoms with Gasteiger partial charge in [-0.2, -0.15) is 0 Å². The number of hydrogen-bond acceptors (Lipinski definition) is 6. The molecule has 2 heterocycles. The van der Waals surface area contributed by atoms with Crippen LogP contribution >= 0.6 is 0 Å². The normalized spacial score (nSPS) is 15.0. The predicted molar refractivity (Wildman–Crippen MR) is 175 cm³/mol. The van der Waals surface area contributed by atoms with Crippen molar-refractivity contribution in [3.8, 4) is 5.75 Å². The first-order chi connectivity index (χ1) is 21.8. The molecule has 0 atom stereocenters. The molecule has 0 spiro atoms. The number of fused-ring (bicyclic) bond motifs is 2. The van der Waals surface area contributed by atoms with Gasteiger partial charge in [0.05, 0.1) is 12.2 Å². The first kappa shape index (κ1) is 29.2. The Morgan fingerprint density at radius 1 is 0.533 bits per heavy atom. The van der Waals surface area contributed by atoms with E-state index in [4.69, 9.17) is 9.47 Å². The van der Waals surface area contributed by atoms with Gasteiger partial charge in [0.1, 0.15) is 12.4 Å². The number of imide groups is 2. The molecule has 0 saturated carbocycles. The maximum Gasteiger partial charge on any atom is 0.261 e. The van der Waals surface area contributed by atoms with Crippen LogP contribution in [0.5, 0.6) is 5.75 Å². The molecule has 5 aromatic rings. The first-order valence-corrected chi connectivity index (χ1v) is 15.9. The van der Waals surface area contributed by atoms with Crippen LogP contribution in [0.15, 0.2) is 42.5 Å². The van der Waals surface area contributed by atoms with Crippen molar-refractivity contribution in [1.29, 1.82) is 0 Å². The van der Waals surface area contributed by atoms with Crippen LogP contribution < -0.4 is 4.74 Å². The van der Waals surface area contributed by atoms with Gasteiger partial charge in [0, 0.05) is 57.4 Å². The van der Waals surface area contributed by atoms with E-state index in [2.05, 4.69) is 0 Å². The minimum absolute atomic E-state index is 0.187. The molecule has 0 fully saturated rings. The molecule has 230 valence electrons. The quantitative estimate of drug-likeness (QED) is 0.0717. The number of carbonyl (C=O) groups excluding carboxylic acids is 4. The maximum absolute atomic E-state index is 14.1. The van der Waals surface area contributed by atoms with E-state index in [0.717, 1.165) is 32.3 Å². The summed E-state index contributed by atoms with van der Waals surface area (Å²) < 4.78 is 11.6. The van der Waals surface area contributed by atoms with Crippen LogP contribution in [-0.4, -0.2) is 65.8 Å². The lowest BCUT2D eigenvalue weighted by molar-refractivity contribution is 0.0514. The fraction of sp³-hybridized carbons (Fsp3) is 0.351. The molecule has 0 unspecified atom stereocenters. The van der Waals surface area contributed by atoms with Gasteiger partial charge in [0.2, 0.25) is 0 Å². The van der Waals surface area contributed by atoms with Crippen molar-refractivity contribution < 1.29 is 28.7 Å². The number of methoxy groups -OCH3 is 1. The largest absolute Gasteiger partial charge is 0.490 e. The zero-order chi connectivity index (χ0) is 31.7. The third-order valence-electron chi connectivity index (χ3n) is 9.92. The minimum atomic E-state index is -0.324. The number of hydrogen-bond donors (Lipinski definition) is 0. The SMILES string of the molecule is CCC(CC)N1C(=O)c2ccc3c4ccc5c6c(cc(OCCOC)c(c7ccc(c2c37)C1=O)c64)C(=O)N(C(CC)CC)C5=O. The average Bonchev–Trinajstić information content (AvgIpc) is 3.05. The lowest BCUT2D eigenvalue weighted by Gasteiger charge is -2.35. The van der Waals surface area contributed by atoms with Crippen molar-refractivity contribution in [2.75, 3.05) is 20.3 Å². The van der Waals surface area contributed by atoms with E-state index in [1.54, 1.807) is 19.2 Å². The lowest BCUT2D eigenvalue weighted by Crippen LogP contribution is -2.46. The van der Waals surface area contributed by atoms with E-state index in [1.807, 2.05) is 58.0 Å². The Labute approximate surface area is 261 Å². The Hall–Kier alpha value is -4.56. The van der Waals surface area contributed by atoms with Gasteiger partial charge in [-0.3, -0.25) is 29.0 Å². The van der Waals surface area contributed by atoms with Crippen molar-refractivity contribution in [2.45, 2.75) is 65.5 Å². The van der Waals surface area contributed by atoms with Crippen LogP contribution in [0.2, 0.25) is 0 Å². The van der Waals surface area contributed by atoms with Gasteiger partial charge < -0.3 is 9.47 Å². The molecule has 0 saturated heterocycles. The second-order valence-electron chi connectivity index (χ2n) is 12.0. The Morgan fingerprint density at radius 3 is 1.47 bits per heavy atom. The second kappa shape index (κ2) is 10.8. The second-order valence-corrected chi connectivity index (χ2v) is 12.0. The number of amides is 4. The van der Waals surface area contributed by atoms with E-state index in [9.17, 15) is 19.2 Å². The number of rotatable bonds is 10. The molecule has 8 nitrogen and oxygen atoms in total. The zero-order valence-electron chi connectivity index (χ0n) is 26.3. The third kappa shape index (κ3) is 3.88. The van der Waals surface area contributed by atoms with E-state index in [1.165, 1.54) is 9.80 Å². The monoisotopic (exact) mass is 604 g/mol. The summed E-state index contributed by atoms with van der Waals surface area (Å²) in [7, 11) is 1.60. The molecule has 2 aliphatic heterocycles. The standard InChI is InChI=1S/C37H36N2O6/c1-6-19(7-2)38-34(40)24-13-10-21-22-11-14-26-31-27(37(43)39(36(26)42)20(8-3)9-4)18-28(45-17-16-44-5)32(33(22)31)23-12-15-25(35(38)41)30(24)29(21)23/h10-15,18-20H,6-9,16-17H2,1-5H3. The van der Waals surface area contributed by atoms with Gasteiger partial charge in [-0.15, -0.1) is 0 Å². The Bertz CT molecular complexity index is 2050. The fourth-order valence-corrected chi connectivity index (χ4v) is 7.69. The summed E-state index contributed by atoms with van der Waals surface area (Å²) in [6.07, 6.45) is 2.67. The third-order valence-corrected chi connectivity index (χ3v) is 9.92. The number of ether oxygens (including phenoxy) is 2. The van der Waals surface area contributed by atoms with Crippen molar-refractivity contribution in [2.24, 2.45) is 0 Å². The number of carbonyl (C=O) groups is 4. The molecule has 2 aliphatic rings. The van der Waals surface area contributed by atoms with Gasteiger partial charge in [-0.1, -0.05) is 45.9 Å². The molecule has 45 heavy (non-hydrogen) atoms. The molecule has 4 amide bonds. The summed E-state index contributed by atoms with van der Waals surface area (Å²) in [5.74, 6) is -0.681. The Balaban J connectivity index is 1.60. The first-order valence-electron chi connectivity index (χ1n) is 15.9. The van der Waals surface area contributed by atoms with Crippen LogP contribution in [0, 0.1) is 0 Å². The van der Waals surface area contributed by atoms with Crippen LogP contribution in [-0.2, 0) is 4.74 Å². The number of benzene rings is 5. The average molecular weight is 605 g/mol. The number of nitrogens with zero attached hydrogens (tertiary/aromatic N) is 2. The molecule has 0 radical (unpaired) electrons. The molecule has 5 aromatic carbocycles. The van der Waals surface area contributed by atoms with Crippen molar-refractivity contribution in [3.63, 3.8) is 0 Å². The van der Waals surface area contributed by atoms with Crippen molar-refractivity contribution in [3.05, 3.63) is 64.7 Å². The Kier molecular flexibility index (Phi) is 7.00. The zero-order valence-corrected chi connectivity index (χ0v) is 26.3. The van der Waals surface area contributed by atoms with E-state index >= 15 is 0 Å². The molecular weight excluding hydrogens is 568 g/mol. The van der Waals surface area contributed by atoms with Gasteiger partial charge >= 0.3 is 0 Å². The highest BCUT2D eigenvalue weighted by Crippen LogP contribution is 2.49. The molecule has 0 N–H and O–H groups in total. The molecular formula is C37H36N2O6. The summed E-state index contributed by atoms with van der Waals surface area (Å²) in [5, 5.41) is 6.05. The molecule has 0 aromatic heterocycles. The molecule has 0 bridgehead atoms. The highest BCUT2D eigenvalue weighted by molar-refractivity contribution is 6.42. The Morgan fingerprint density at radius 2 is 0.978 bits per heavy atom. The summed E-state index contributed by atoms with van der Waals surface area (Å²) >= 11 is 0. The summed E-state index contributed by atoms with van der Waals surface area (Å²) in [6, 6.07) is 12.6. The van der Waals surface area contributed by atoms with Crippen LogP contribution in [0.25, 0.3) is 43.1 Å². The summed E-state index contributed by atoms with van der Waals surface area (Å²) in [4.78, 5) is 58.7. The molecule has 0 aliphatic carbocycles. The fourth-order valence-electron chi connectivity index (χ4n) is 7.69. The van der Waals surface area contributed by atoms with E-state index in [-0.39, 0.29) is 42.3 Å². The highest BCUT2D eigenvalue weighted by Gasteiger charge is 2.40. The summed E-state index contributed by atoms with van der Waals surface area (Å²) in [5.41, 5.74) is 1.92. The maximum atomic E-state index is 14.1. The smallest absolute Gasteiger partial charge is 0.261 e. The van der Waals surface area contributed by atoms with Crippen molar-refractivity contribution in [1.82, 2.24) is 9.80 Å². The molecule has 7 rings (SSSR count). The lowest BCUT2D eigenvalue weighted by atomic mass is 9.81. The predicted octanol–water partition coefficient (Wildman–Crippen LogP) is 7.33. The van der Waals surface area contributed by atoms with Crippen LogP contribution in [0.1, 0.15) is 94.8 Å². The van der Waals surface area contributed by atoms with Gasteiger partial charge in [0.25, 0.3) is 23.6 Å². The minimum Gasteiger partial charge on any atom is -0.490 e. The summed E-state index contributed by atoms with van der Waals surface area (Å²) in [6.45, 7) is 8.54. The van der Waals surface area contributed by atoms with Gasteiger partial charge in [-0.05, 0) is 71.5 Å².